The Hall–Kier alpha value is -0.940. The van der Waals surface area contributed by atoms with Gasteiger partial charge in [0.15, 0.2) is 0 Å². The van der Waals surface area contributed by atoms with Gasteiger partial charge in [-0.2, -0.15) is 0 Å². The van der Waals surface area contributed by atoms with Gasteiger partial charge in [0.05, 0.1) is 17.4 Å². The molecule has 1 aromatic rings. The number of carbonyl (C=O) groups is 1. The molecule has 98 valence electrons. The van der Waals surface area contributed by atoms with Crippen molar-refractivity contribution < 1.29 is 4.79 Å². The summed E-state index contributed by atoms with van der Waals surface area (Å²) in [6, 6.07) is 3.64. The van der Waals surface area contributed by atoms with Gasteiger partial charge in [0, 0.05) is 0 Å². The predicted molar refractivity (Wildman–Crippen MR) is 75.6 cm³/mol. The van der Waals surface area contributed by atoms with Crippen LogP contribution in [0.2, 0.25) is 0 Å². The summed E-state index contributed by atoms with van der Waals surface area (Å²) in [7, 11) is 0. The van der Waals surface area contributed by atoms with Crippen LogP contribution in [0.5, 0.6) is 0 Å². The molecule has 1 fully saturated rings. The fraction of sp³-hybridized carbons (Fsp3) is 0.538. The van der Waals surface area contributed by atoms with Crippen LogP contribution in [0.1, 0.15) is 31.4 Å². The third kappa shape index (κ3) is 3.53. The molecule has 0 saturated carbocycles. The molecule has 1 amide bonds. The van der Waals surface area contributed by atoms with Crippen LogP contribution in [-0.2, 0) is 4.79 Å². The standard InChI is InChI=1S/C13H18BrN3O/c1-9-10(6-7-12(14)16-9)17-13(18)11-5-3-2-4-8-15-11/h6-7,11,15H,2-5,8H2,1H3,(H,17,18). The maximum Gasteiger partial charge on any atom is 0.241 e. The molecule has 0 aliphatic carbocycles. The van der Waals surface area contributed by atoms with Crippen LogP contribution in [0.25, 0.3) is 0 Å². The van der Waals surface area contributed by atoms with Crippen molar-refractivity contribution in [3.8, 4) is 0 Å². The third-order valence-electron chi connectivity index (χ3n) is 3.19. The highest BCUT2D eigenvalue weighted by atomic mass is 79.9. The molecule has 0 bridgehead atoms. The zero-order chi connectivity index (χ0) is 13.0. The third-order valence-corrected chi connectivity index (χ3v) is 3.63. The van der Waals surface area contributed by atoms with Crippen molar-refractivity contribution in [3.05, 3.63) is 22.4 Å². The van der Waals surface area contributed by atoms with Crippen molar-refractivity contribution in [2.24, 2.45) is 0 Å². The quantitative estimate of drug-likeness (QED) is 0.826. The molecule has 5 heteroatoms. The zero-order valence-electron chi connectivity index (χ0n) is 10.5. The van der Waals surface area contributed by atoms with E-state index in [0.29, 0.717) is 0 Å². The lowest BCUT2D eigenvalue weighted by Gasteiger charge is -2.16. The van der Waals surface area contributed by atoms with Gasteiger partial charge in [-0.1, -0.05) is 12.8 Å². The molecule has 2 N–H and O–H groups in total. The van der Waals surface area contributed by atoms with Gasteiger partial charge in [-0.3, -0.25) is 4.79 Å². The average Bonchev–Trinajstić information content (AvgIpc) is 2.61. The van der Waals surface area contributed by atoms with Crippen LogP contribution in [0.4, 0.5) is 5.69 Å². The fourth-order valence-electron chi connectivity index (χ4n) is 2.13. The first-order valence-corrected chi connectivity index (χ1v) is 7.13. The van der Waals surface area contributed by atoms with E-state index in [0.717, 1.165) is 41.8 Å². The number of aryl methyl sites for hydroxylation is 1. The van der Waals surface area contributed by atoms with Gasteiger partial charge in [-0.05, 0) is 54.4 Å². The van der Waals surface area contributed by atoms with Gasteiger partial charge in [0.2, 0.25) is 5.91 Å². The smallest absolute Gasteiger partial charge is 0.241 e. The summed E-state index contributed by atoms with van der Waals surface area (Å²) in [5.74, 6) is 0.0455. The van der Waals surface area contributed by atoms with Crippen LogP contribution in [-0.4, -0.2) is 23.5 Å². The van der Waals surface area contributed by atoms with Gasteiger partial charge in [-0.25, -0.2) is 4.98 Å². The molecule has 2 rings (SSSR count). The molecule has 4 nitrogen and oxygen atoms in total. The Morgan fingerprint density at radius 2 is 2.28 bits per heavy atom. The maximum absolute atomic E-state index is 12.1. The highest BCUT2D eigenvalue weighted by Gasteiger charge is 2.20. The number of hydrogen-bond donors (Lipinski definition) is 2. The first-order chi connectivity index (χ1) is 8.66. The maximum atomic E-state index is 12.1. The Morgan fingerprint density at radius 3 is 3.06 bits per heavy atom. The Labute approximate surface area is 116 Å². The molecule has 0 radical (unpaired) electrons. The molecule has 0 aromatic carbocycles. The summed E-state index contributed by atoms with van der Waals surface area (Å²) in [6.45, 7) is 2.82. The lowest BCUT2D eigenvalue weighted by molar-refractivity contribution is -0.118. The first kappa shape index (κ1) is 13.5. The molecule has 1 aliphatic rings. The normalized spacial score (nSPS) is 20.2. The van der Waals surface area contributed by atoms with E-state index in [2.05, 4.69) is 31.5 Å². The predicted octanol–water partition coefficient (Wildman–Crippen LogP) is 2.62. The summed E-state index contributed by atoms with van der Waals surface area (Å²) in [6.07, 6.45) is 4.38. The molecule has 18 heavy (non-hydrogen) atoms. The number of hydrogen-bond acceptors (Lipinski definition) is 3. The summed E-state index contributed by atoms with van der Waals surface area (Å²) >= 11 is 3.31. The second-order valence-electron chi connectivity index (χ2n) is 4.61. The Morgan fingerprint density at radius 1 is 1.44 bits per heavy atom. The number of nitrogens with zero attached hydrogens (tertiary/aromatic N) is 1. The SMILES string of the molecule is Cc1nc(Br)ccc1NC(=O)C1CCCCCN1. The molecule has 1 saturated heterocycles. The van der Waals surface area contributed by atoms with Crippen LogP contribution in [0, 0.1) is 6.92 Å². The minimum atomic E-state index is -0.0736. The van der Waals surface area contributed by atoms with Crippen LogP contribution in [0.15, 0.2) is 16.7 Å². The minimum absolute atomic E-state index is 0.0455. The molecular weight excluding hydrogens is 294 g/mol. The summed E-state index contributed by atoms with van der Waals surface area (Å²) in [5.41, 5.74) is 1.61. The lowest BCUT2D eigenvalue weighted by Crippen LogP contribution is -2.40. The van der Waals surface area contributed by atoms with Gasteiger partial charge in [0.25, 0.3) is 0 Å². The van der Waals surface area contributed by atoms with E-state index in [4.69, 9.17) is 0 Å². The van der Waals surface area contributed by atoms with Crippen molar-refractivity contribution in [2.75, 3.05) is 11.9 Å². The molecule has 1 aliphatic heterocycles. The van der Waals surface area contributed by atoms with Crippen molar-refractivity contribution in [2.45, 2.75) is 38.6 Å². The Bertz CT molecular complexity index is 428. The van der Waals surface area contributed by atoms with Crippen molar-refractivity contribution in [1.82, 2.24) is 10.3 Å². The first-order valence-electron chi connectivity index (χ1n) is 6.34. The van der Waals surface area contributed by atoms with Crippen molar-refractivity contribution >= 4 is 27.5 Å². The van der Waals surface area contributed by atoms with E-state index in [1.807, 2.05) is 19.1 Å². The van der Waals surface area contributed by atoms with Crippen molar-refractivity contribution in [1.29, 1.82) is 0 Å². The van der Waals surface area contributed by atoms with E-state index >= 15 is 0 Å². The molecule has 1 atom stereocenters. The molecular formula is C13H18BrN3O. The number of rotatable bonds is 2. The molecule has 0 spiro atoms. The Balaban J connectivity index is 2.01. The van der Waals surface area contributed by atoms with Crippen LogP contribution in [0.3, 0.4) is 0 Å². The molecule has 1 unspecified atom stereocenters. The van der Waals surface area contributed by atoms with E-state index in [9.17, 15) is 4.79 Å². The van der Waals surface area contributed by atoms with E-state index in [1.165, 1.54) is 6.42 Å². The van der Waals surface area contributed by atoms with Gasteiger partial charge in [-0.15, -0.1) is 0 Å². The highest BCUT2D eigenvalue weighted by Crippen LogP contribution is 2.17. The van der Waals surface area contributed by atoms with Gasteiger partial charge < -0.3 is 10.6 Å². The molecule has 2 heterocycles. The summed E-state index contributed by atoms with van der Waals surface area (Å²) in [4.78, 5) is 16.4. The van der Waals surface area contributed by atoms with Crippen molar-refractivity contribution in [3.63, 3.8) is 0 Å². The van der Waals surface area contributed by atoms with E-state index in [-0.39, 0.29) is 11.9 Å². The second-order valence-corrected chi connectivity index (χ2v) is 5.42. The van der Waals surface area contributed by atoms with E-state index in [1.54, 1.807) is 0 Å². The largest absolute Gasteiger partial charge is 0.323 e. The second kappa shape index (κ2) is 6.29. The topological polar surface area (TPSA) is 54.0 Å². The number of pyridine rings is 1. The van der Waals surface area contributed by atoms with Crippen LogP contribution >= 0.6 is 15.9 Å². The highest BCUT2D eigenvalue weighted by molar-refractivity contribution is 9.10. The fourth-order valence-corrected chi connectivity index (χ4v) is 2.53. The number of carbonyl (C=O) groups excluding carboxylic acids is 1. The number of nitrogens with one attached hydrogen (secondary N) is 2. The molecule has 1 aromatic heterocycles. The van der Waals surface area contributed by atoms with Crippen LogP contribution < -0.4 is 10.6 Å². The monoisotopic (exact) mass is 311 g/mol. The zero-order valence-corrected chi connectivity index (χ0v) is 12.1. The summed E-state index contributed by atoms with van der Waals surface area (Å²) in [5, 5.41) is 6.24. The number of amides is 1. The lowest BCUT2D eigenvalue weighted by atomic mass is 10.1. The number of anilines is 1. The average molecular weight is 312 g/mol. The van der Waals surface area contributed by atoms with Gasteiger partial charge >= 0.3 is 0 Å². The number of halogens is 1. The number of aromatic nitrogens is 1. The minimum Gasteiger partial charge on any atom is -0.323 e. The van der Waals surface area contributed by atoms with Gasteiger partial charge in [0.1, 0.15) is 4.60 Å². The van der Waals surface area contributed by atoms with E-state index < -0.39 is 0 Å². The Kier molecular flexibility index (Phi) is 4.72. The summed E-state index contributed by atoms with van der Waals surface area (Å²) < 4.78 is 0.783.